The fraction of sp³-hybridized carbons (Fsp3) is 0.125. The van der Waals surface area contributed by atoms with Crippen LogP contribution in [0.3, 0.4) is 0 Å². The van der Waals surface area contributed by atoms with E-state index in [-0.39, 0.29) is 0 Å². The third-order valence-corrected chi connectivity index (χ3v) is 1.64. The van der Waals surface area contributed by atoms with E-state index in [2.05, 4.69) is 0 Å². The van der Waals surface area contributed by atoms with E-state index in [9.17, 15) is 28.1 Å². The van der Waals surface area contributed by atoms with Crippen LogP contribution < -0.4 is 0 Å². The molecule has 0 aliphatic carbocycles. The van der Waals surface area contributed by atoms with Gasteiger partial charge >= 0.3 is 12.1 Å². The van der Waals surface area contributed by atoms with Crippen molar-refractivity contribution in [1.82, 2.24) is 0 Å². The summed E-state index contributed by atoms with van der Waals surface area (Å²) in [7, 11) is 0. The van der Waals surface area contributed by atoms with Crippen LogP contribution in [0.4, 0.5) is 18.9 Å². The predicted molar refractivity (Wildman–Crippen MR) is 43.4 cm³/mol. The summed E-state index contributed by atoms with van der Waals surface area (Å²) in [6.07, 6.45) is -3.39. The lowest BCUT2D eigenvalue weighted by Crippen LogP contribution is -2.13. The van der Waals surface area contributed by atoms with Crippen molar-refractivity contribution in [2.45, 2.75) is 6.43 Å². The van der Waals surface area contributed by atoms with Crippen molar-refractivity contribution in [1.29, 1.82) is 0 Å². The van der Waals surface area contributed by atoms with E-state index in [0.29, 0.717) is 0 Å². The fourth-order valence-electron chi connectivity index (χ4n) is 0.969. The quantitative estimate of drug-likeness (QED) is 0.444. The van der Waals surface area contributed by atoms with E-state index in [0.717, 1.165) is 18.2 Å². The number of nitro benzene ring substituents is 1. The zero-order valence-corrected chi connectivity index (χ0v) is 7.12. The van der Waals surface area contributed by atoms with Crippen molar-refractivity contribution in [3.8, 4) is 0 Å². The molecule has 0 radical (unpaired) electrons. The molecule has 0 fully saturated rings. The van der Waals surface area contributed by atoms with Gasteiger partial charge in [0.15, 0.2) is 0 Å². The number of nitrogens with zero attached hydrogens (tertiary/aromatic N) is 1. The van der Waals surface area contributed by atoms with E-state index in [4.69, 9.17) is 0 Å². The number of alkyl halides is 2. The van der Waals surface area contributed by atoms with Gasteiger partial charge in [-0.05, 0) is 6.07 Å². The average Bonchev–Trinajstić information content (AvgIpc) is 2.16. The van der Waals surface area contributed by atoms with Crippen molar-refractivity contribution >= 4 is 11.5 Å². The van der Waals surface area contributed by atoms with Crippen molar-refractivity contribution in [3.63, 3.8) is 0 Å². The van der Waals surface area contributed by atoms with E-state index in [1.807, 2.05) is 0 Å². The minimum absolute atomic E-state index is 0.775. The Morgan fingerprint density at radius 2 is 2.00 bits per heavy atom. The Balaban J connectivity index is 3.27. The summed E-state index contributed by atoms with van der Waals surface area (Å²) in [5.74, 6) is -3.30. The molecule has 0 aromatic heterocycles. The lowest BCUT2D eigenvalue weighted by molar-refractivity contribution is -0.387. The summed E-state index contributed by atoms with van der Waals surface area (Å²) in [5.41, 5.74) is -1.97. The highest BCUT2D eigenvalue weighted by Gasteiger charge is 2.26. The highest BCUT2D eigenvalue weighted by Crippen LogP contribution is 2.21. The second-order valence-corrected chi connectivity index (χ2v) is 2.56. The lowest BCUT2D eigenvalue weighted by atomic mass is 10.1. The maximum Gasteiger partial charge on any atom is 0.305 e. The number of halogens is 3. The van der Waals surface area contributed by atoms with Gasteiger partial charge in [0.1, 0.15) is 0 Å². The zero-order valence-electron chi connectivity index (χ0n) is 7.12. The third-order valence-electron chi connectivity index (χ3n) is 1.64. The number of Topliss-reactive ketones (excluding diaryl/α,β-unsaturated/α-hetero) is 1. The summed E-state index contributed by atoms with van der Waals surface area (Å²) in [4.78, 5) is 19.9. The Morgan fingerprint density at radius 3 is 2.47 bits per heavy atom. The molecular weight excluding hydrogens is 215 g/mol. The van der Waals surface area contributed by atoms with Crippen molar-refractivity contribution in [3.05, 3.63) is 39.7 Å². The molecule has 0 N–H and O–H groups in total. The van der Waals surface area contributed by atoms with E-state index >= 15 is 0 Å². The number of ketones is 1. The molecule has 0 aliphatic heterocycles. The van der Waals surface area contributed by atoms with Crippen LogP contribution in [0.1, 0.15) is 10.4 Å². The Kier molecular flexibility index (Phi) is 3.03. The number of nitro groups is 1. The molecule has 0 atom stereocenters. The van der Waals surface area contributed by atoms with Crippen LogP contribution in [-0.4, -0.2) is 17.1 Å². The number of hydrogen-bond donors (Lipinski definition) is 0. The minimum Gasteiger partial charge on any atom is -0.288 e. The molecular formula is C8H4F3NO3. The molecule has 1 aromatic rings. The van der Waals surface area contributed by atoms with Gasteiger partial charge < -0.3 is 0 Å². The Morgan fingerprint density at radius 1 is 1.40 bits per heavy atom. The molecule has 0 amide bonds. The van der Waals surface area contributed by atoms with Crippen LogP contribution in [0.15, 0.2) is 18.2 Å². The summed E-state index contributed by atoms with van der Waals surface area (Å²) in [6, 6.07) is 2.53. The van der Waals surface area contributed by atoms with Crippen molar-refractivity contribution in [2.24, 2.45) is 0 Å². The smallest absolute Gasteiger partial charge is 0.288 e. The summed E-state index contributed by atoms with van der Waals surface area (Å²) in [6.45, 7) is 0. The van der Waals surface area contributed by atoms with Crippen molar-refractivity contribution < 1.29 is 22.9 Å². The second kappa shape index (κ2) is 4.07. The first kappa shape index (κ1) is 11.2. The van der Waals surface area contributed by atoms with Gasteiger partial charge in [-0.1, -0.05) is 6.07 Å². The second-order valence-electron chi connectivity index (χ2n) is 2.56. The standard InChI is InChI=1S/C8H4F3NO3/c9-6-4(7(13)8(10)11)2-1-3-5(6)12(14)15/h1-3,8H. The van der Waals surface area contributed by atoms with E-state index in [1.54, 1.807) is 0 Å². The van der Waals surface area contributed by atoms with Crippen LogP contribution >= 0.6 is 0 Å². The van der Waals surface area contributed by atoms with E-state index in [1.165, 1.54) is 0 Å². The number of rotatable bonds is 3. The van der Waals surface area contributed by atoms with E-state index < -0.39 is 34.2 Å². The Bertz CT molecular complexity index is 420. The fourth-order valence-corrected chi connectivity index (χ4v) is 0.969. The number of carbonyl (C=O) groups excluding carboxylic acids is 1. The molecule has 0 heterocycles. The average molecular weight is 219 g/mol. The molecule has 15 heavy (non-hydrogen) atoms. The zero-order chi connectivity index (χ0) is 11.6. The van der Waals surface area contributed by atoms with Gasteiger partial charge in [-0.25, -0.2) is 8.78 Å². The molecule has 7 heteroatoms. The molecule has 4 nitrogen and oxygen atoms in total. The monoisotopic (exact) mass is 219 g/mol. The van der Waals surface area contributed by atoms with Crippen LogP contribution in [0.25, 0.3) is 0 Å². The summed E-state index contributed by atoms with van der Waals surface area (Å²) < 4.78 is 37.0. The van der Waals surface area contributed by atoms with Gasteiger partial charge in [-0.15, -0.1) is 0 Å². The Labute approximate surface area is 81.5 Å². The van der Waals surface area contributed by atoms with Gasteiger partial charge in [-0.3, -0.25) is 14.9 Å². The number of benzene rings is 1. The first-order chi connectivity index (χ1) is 6.95. The number of hydrogen-bond acceptors (Lipinski definition) is 3. The maximum absolute atomic E-state index is 13.1. The summed E-state index contributed by atoms with van der Waals surface area (Å²) in [5, 5.41) is 10.2. The largest absolute Gasteiger partial charge is 0.305 e. The predicted octanol–water partition coefficient (Wildman–Crippen LogP) is 2.18. The molecule has 0 unspecified atom stereocenters. The highest BCUT2D eigenvalue weighted by molar-refractivity contribution is 5.99. The lowest BCUT2D eigenvalue weighted by Gasteiger charge is -2.01. The number of carbonyl (C=O) groups is 1. The summed E-state index contributed by atoms with van der Waals surface area (Å²) >= 11 is 0. The van der Waals surface area contributed by atoms with Crippen molar-refractivity contribution in [2.75, 3.05) is 0 Å². The van der Waals surface area contributed by atoms with Gasteiger partial charge in [0.2, 0.25) is 11.6 Å². The van der Waals surface area contributed by atoms with Gasteiger partial charge in [-0.2, -0.15) is 4.39 Å². The highest BCUT2D eigenvalue weighted by atomic mass is 19.3. The Hall–Kier alpha value is -1.92. The minimum atomic E-state index is -3.39. The van der Waals surface area contributed by atoms with Crippen LogP contribution in [0.5, 0.6) is 0 Å². The molecule has 0 saturated heterocycles. The normalized spacial score (nSPS) is 10.4. The molecule has 80 valence electrons. The van der Waals surface area contributed by atoms with Gasteiger partial charge in [0.25, 0.3) is 0 Å². The molecule has 1 aromatic carbocycles. The molecule has 1 rings (SSSR count). The molecule has 0 bridgehead atoms. The third kappa shape index (κ3) is 2.12. The van der Waals surface area contributed by atoms with Gasteiger partial charge in [0, 0.05) is 6.07 Å². The van der Waals surface area contributed by atoms with Gasteiger partial charge in [0.05, 0.1) is 10.5 Å². The van der Waals surface area contributed by atoms with Crippen LogP contribution in [0, 0.1) is 15.9 Å². The molecule has 0 saturated carbocycles. The maximum atomic E-state index is 13.1. The van der Waals surface area contributed by atoms with Crippen LogP contribution in [-0.2, 0) is 0 Å². The first-order valence-corrected chi connectivity index (χ1v) is 3.70. The SMILES string of the molecule is O=C(c1cccc([N+](=O)[O-])c1F)C(F)F. The topological polar surface area (TPSA) is 60.2 Å². The first-order valence-electron chi connectivity index (χ1n) is 3.70. The molecule has 0 spiro atoms. The molecule has 0 aliphatic rings. The van der Waals surface area contributed by atoms with Crippen LogP contribution in [0.2, 0.25) is 0 Å².